The van der Waals surface area contributed by atoms with Gasteiger partial charge in [0.2, 0.25) is 5.91 Å². The summed E-state index contributed by atoms with van der Waals surface area (Å²) < 4.78 is 22.1. The highest BCUT2D eigenvalue weighted by Crippen LogP contribution is 2.43. The lowest BCUT2D eigenvalue weighted by molar-refractivity contribution is -0.124. The molecule has 0 aromatic carbocycles. The van der Waals surface area contributed by atoms with Crippen molar-refractivity contribution in [1.29, 1.82) is 0 Å². The Morgan fingerprint density at radius 1 is 0.660 bits per heavy atom. The Bertz CT molecular complexity index is 946. The number of aliphatic hydroxyl groups excluding tert-OH is 2. The number of hydrogen-bond donors (Lipinski definition) is 5. The SMILES string of the molecule is CCCCC/C=C\C=C/CCCCCCCCCCC(O)CC(=O)NC(COP(=O)(O)OCCN)C(O)/C=C/CCCCCCCCCCCCCC. The number of aliphatic hydroxyl groups is 2. The normalized spacial score (nSPS) is 15.1. The third kappa shape index (κ3) is 37.4. The minimum Gasteiger partial charge on any atom is -0.393 e. The van der Waals surface area contributed by atoms with Gasteiger partial charge in [0.05, 0.1) is 37.9 Å². The van der Waals surface area contributed by atoms with E-state index < -0.39 is 38.6 Å². The van der Waals surface area contributed by atoms with Gasteiger partial charge in [0.25, 0.3) is 0 Å². The van der Waals surface area contributed by atoms with Crippen molar-refractivity contribution in [3.63, 3.8) is 0 Å². The van der Waals surface area contributed by atoms with Crippen LogP contribution in [0.5, 0.6) is 0 Å². The maximum atomic E-state index is 12.8. The molecule has 0 saturated heterocycles. The van der Waals surface area contributed by atoms with Crippen LogP contribution in [0.4, 0.5) is 0 Å². The van der Waals surface area contributed by atoms with Crippen LogP contribution in [0.25, 0.3) is 0 Å². The molecule has 0 aliphatic heterocycles. The van der Waals surface area contributed by atoms with Crippen molar-refractivity contribution in [2.75, 3.05) is 19.8 Å². The molecule has 6 N–H and O–H groups in total. The van der Waals surface area contributed by atoms with Gasteiger partial charge in [0, 0.05) is 6.54 Å². The number of amides is 1. The lowest BCUT2D eigenvalue weighted by Crippen LogP contribution is -2.46. The largest absolute Gasteiger partial charge is 0.472 e. The summed E-state index contributed by atoms with van der Waals surface area (Å²) in [4.78, 5) is 22.7. The standard InChI is InChI=1S/C43H83N2O7P/c1-3-5-7-9-11-13-15-17-19-20-21-22-24-26-28-30-32-34-40(46)38-43(48)45-41(39-52-53(49,50)51-37-36-44)42(47)35-33-31-29-27-25-23-18-16-14-12-10-8-6-4-2/h11,13,15,17,33,35,40-42,46-47H,3-10,12,14,16,18-32,34,36-39,44H2,1-2H3,(H,45,48)(H,49,50)/b13-11-,17-15-,35-33+. The first-order valence-corrected chi connectivity index (χ1v) is 23.2. The molecule has 0 spiro atoms. The fraction of sp³-hybridized carbons (Fsp3) is 0.837. The zero-order chi connectivity index (χ0) is 39.1. The van der Waals surface area contributed by atoms with Crippen molar-refractivity contribution >= 4 is 13.7 Å². The Kier molecular flexibility index (Phi) is 38.0. The third-order valence-electron chi connectivity index (χ3n) is 9.54. The molecule has 312 valence electrons. The third-order valence-corrected chi connectivity index (χ3v) is 10.5. The van der Waals surface area contributed by atoms with E-state index in [9.17, 15) is 24.5 Å². The van der Waals surface area contributed by atoms with Gasteiger partial charge < -0.3 is 26.2 Å². The van der Waals surface area contributed by atoms with Crippen LogP contribution in [0, 0.1) is 0 Å². The van der Waals surface area contributed by atoms with Crippen molar-refractivity contribution < 1.29 is 33.5 Å². The topological polar surface area (TPSA) is 151 Å². The zero-order valence-electron chi connectivity index (χ0n) is 34.1. The predicted octanol–water partition coefficient (Wildman–Crippen LogP) is 10.9. The number of unbranched alkanes of at least 4 members (excludes halogenated alkanes) is 23. The van der Waals surface area contributed by atoms with Gasteiger partial charge in [0.15, 0.2) is 0 Å². The second-order valence-electron chi connectivity index (χ2n) is 14.8. The Labute approximate surface area is 325 Å². The molecule has 9 nitrogen and oxygen atoms in total. The van der Waals surface area contributed by atoms with Gasteiger partial charge in [-0.25, -0.2) is 4.57 Å². The Balaban J connectivity index is 4.33. The summed E-state index contributed by atoms with van der Waals surface area (Å²) >= 11 is 0. The van der Waals surface area contributed by atoms with Gasteiger partial charge in [-0.05, 0) is 44.9 Å². The summed E-state index contributed by atoms with van der Waals surface area (Å²) in [7, 11) is -4.40. The van der Waals surface area contributed by atoms with E-state index in [0.29, 0.717) is 6.42 Å². The fourth-order valence-electron chi connectivity index (χ4n) is 6.22. The average Bonchev–Trinajstić information content (AvgIpc) is 3.13. The highest BCUT2D eigenvalue weighted by Gasteiger charge is 2.27. The van der Waals surface area contributed by atoms with E-state index in [2.05, 4.69) is 43.5 Å². The summed E-state index contributed by atoms with van der Waals surface area (Å²) in [5, 5.41) is 24.0. The molecule has 4 atom stereocenters. The Morgan fingerprint density at radius 3 is 1.60 bits per heavy atom. The number of nitrogens with two attached hydrogens (primary N) is 1. The van der Waals surface area contributed by atoms with Crippen molar-refractivity contribution in [1.82, 2.24) is 5.32 Å². The molecule has 4 unspecified atom stereocenters. The highest BCUT2D eigenvalue weighted by molar-refractivity contribution is 7.47. The molecule has 0 aromatic rings. The average molecular weight is 771 g/mol. The van der Waals surface area contributed by atoms with Crippen molar-refractivity contribution in [3.05, 3.63) is 36.5 Å². The van der Waals surface area contributed by atoms with Crippen LogP contribution in [0.3, 0.4) is 0 Å². The molecule has 0 heterocycles. The zero-order valence-corrected chi connectivity index (χ0v) is 35.0. The second-order valence-corrected chi connectivity index (χ2v) is 16.2. The lowest BCUT2D eigenvalue weighted by Gasteiger charge is -2.24. The molecule has 0 bridgehead atoms. The maximum absolute atomic E-state index is 12.8. The number of rotatable bonds is 40. The van der Waals surface area contributed by atoms with Gasteiger partial charge in [-0.15, -0.1) is 0 Å². The fourth-order valence-corrected chi connectivity index (χ4v) is 6.98. The van der Waals surface area contributed by atoms with Crippen molar-refractivity contribution in [2.24, 2.45) is 5.73 Å². The number of carbonyl (C=O) groups excluding carboxylic acids is 1. The monoisotopic (exact) mass is 771 g/mol. The van der Waals surface area contributed by atoms with Gasteiger partial charge in [-0.3, -0.25) is 13.8 Å². The first kappa shape index (κ1) is 51.7. The van der Waals surface area contributed by atoms with Crippen LogP contribution < -0.4 is 11.1 Å². The minimum absolute atomic E-state index is 0.0478. The molecule has 0 rings (SSSR count). The number of carbonyl (C=O) groups is 1. The van der Waals surface area contributed by atoms with E-state index >= 15 is 0 Å². The van der Waals surface area contributed by atoms with Crippen LogP contribution in [0.1, 0.15) is 194 Å². The Hall–Kier alpha value is -1.32. The van der Waals surface area contributed by atoms with E-state index in [1.54, 1.807) is 6.08 Å². The van der Waals surface area contributed by atoms with Gasteiger partial charge >= 0.3 is 7.82 Å². The summed E-state index contributed by atoms with van der Waals surface area (Å²) in [5.74, 6) is -0.451. The summed E-state index contributed by atoms with van der Waals surface area (Å²) in [6.07, 6.45) is 42.2. The molecule has 0 fully saturated rings. The number of allylic oxidation sites excluding steroid dienone is 5. The van der Waals surface area contributed by atoms with E-state index in [1.165, 1.54) is 122 Å². The summed E-state index contributed by atoms with van der Waals surface area (Å²) in [6.45, 7) is 3.94. The molecule has 53 heavy (non-hydrogen) atoms. The number of nitrogens with one attached hydrogen (secondary N) is 1. The summed E-state index contributed by atoms with van der Waals surface area (Å²) in [6, 6.07) is -0.983. The van der Waals surface area contributed by atoms with Crippen molar-refractivity contribution in [3.8, 4) is 0 Å². The van der Waals surface area contributed by atoms with Crippen LogP contribution >= 0.6 is 7.82 Å². The van der Waals surface area contributed by atoms with Crippen LogP contribution in [-0.2, 0) is 18.4 Å². The molecule has 0 aliphatic rings. The molecule has 0 aliphatic carbocycles. The smallest absolute Gasteiger partial charge is 0.393 e. The van der Waals surface area contributed by atoms with E-state index in [1.807, 2.05) is 6.08 Å². The van der Waals surface area contributed by atoms with E-state index in [0.717, 1.165) is 44.9 Å². The van der Waals surface area contributed by atoms with E-state index in [4.69, 9.17) is 14.8 Å². The van der Waals surface area contributed by atoms with Crippen LogP contribution in [0.15, 0.2) is 36.5 Å². The summed E-state index contributed by atoms with van der Waals surface area (Å²) in [5.41, 5.74) is 5.36. The Morgan fingerprint density at radius 2 is 1.09 bits per heavy atom. The number of phosphoric ester groups is 1. The maximum Gasteiger partial charge on any atom is 0.472 e. The predicted molar refractivity (Wildman–Crippen MR) is 223 cm³/mol. The van der Waals surface area contributed by atoms with Gasteiger partial charge in [0.1, 0.15) is 0 Å². The lowest BCUT2D eigenvalue weighted by atomic mass is 10.0. The molecular formula is C43H83N2O7P. The first-order chi connectivity index (χ1) is 25.8. The number of phosphoric acid groups is 1. The molecule has 0 radical (unpaired) electrons. The minimum atomic E-state index is -4.40. The quantitative estimate of drug-likeness (QED) is 0.0179. The van der Waals surface area contributed by atoms with Gasteiger partial charge in [-0.1, -0.05) is 179 Å². The van der Waals surface area contributed by atoms with Crippen molar-refractivity contribution in [2.45, 2.75) is 212 Å². The molecular weight excluding hydrogens is 687 g/mol. The molecule has 0 aromatic heterocycles. The molecule has 0 saturated carbocycles. The van der Waals surface area contributed by atoms with Gasteiger partial charge in [-0.2, -0.15) is 0 Å². The second kappa shape index (κ2) is 38.9. The van der Waals surface area contributed by atoms with Crippen LogP contribution in [0.2, 0.25) is 0 Å². The van der Waals surface area contributed by atoms with Crippen LogP contribution in [-0.4, -0.2) is 59.0 Å². The molecule has 1 amide bonds. The van der Waals surface area contributed by atoms with E-state index in [-0.39, 0.29) is 19.6 Å². The molecule has 10 heteroatoms. The number of hydrogen-bond acceptors (Lipinski definition) is 7. The first-order valence-electron chi connectivity index (χ1n) is 21.7. The highest BCUT2D eigenvalue weighted by atomic mass is 31.2.